The van der Waals surface area contributed by atoms with Crippen molar-refractivity contribution in [3.05, 3.63) is 59.3 Å². The third-order valence-electron chi connectivity index (χ3n) is 5.91. The number of anilines is 1. The minimum atomic E-state index is -0.137. The number of hydrogen-bond acceptors (Lipinski definition) is 4. The molecule has 6 heteroatoms. The molecule has 1 amide bonds. The molecule has 0 unspecified atom stereocenters. The molecule has 33 heavy (non-hydrogen) atoms. The monoisotopic (exact) mass is 449 g/mol. The summed E-state index contributed by atoms with van der Waals surface area (Å²) < 4.78 is 11.4. The first-order valence-corrected chi connectivity index (χ1v) is 11.8. The zero-order valence-corrected chi connectivity index (χ0v) is 20.1. The smallest absolute Gasteiger partial charge is 0.255 e. The second-order valence-electron chi connectivity index (χ2n) is 10.1. The van der Waals surface area contributed by atoms with Crippen molar-refractivity contribution in [2.45, 2.75) is 53.2 Å². The van der Waals surface area contributed by atoms with Crippen molar-refractivity contribution in [3.63, 3.8) is 0 Å². The van der Waals surface area contributed by atoms with Gasteiger partial charge in [0, 0.05) is 42.0 Å². The number of nitrogens with one attached hydrogen (secondary N) is 3. The number of fused-ring (bicyclic) bond motifs is 1. The van der Waals surface area contributed by atoms with Crippen LogP contribution in [-0.2, 0) is 11.3 Å². The molecule has 6 nitrogen and oxygen atoms in total. The van der Waals surface area contributed by atoms with Gasteiger partial charge in [0.05, 0.1) is 11.6 Å². The summed E-state index contributed by atoms with van der Waals surface area (Å²) in [4.78, 5) is 16.3. The molecule has 4 rings (SSSR count). The second kappa shape index (κ2) is 9.98. The Morgan fingerprint density at radius 2 is 1.97 bits per heavy atom. The number of carbonyl (C=O) groups excluding carboxylic acids is 1. The first kappa shape index (κ1) is 23.3. The number of rotatable bonds is 8. The Balaban J connectivity index is 1.38. The summed E-state index contributed by atoms with van der Waals surface area (Å²) in [6.07, 6.45) is 2.31. The molecule has 1 aliphatic heterocycles. The van der Waals surface area contributed by atoms with Crippen LogP contribution in [0.1, 0.15) is 55.2 Å². The van der Waals surface area contributed by atoms with E-state index in [9.17, 15) is 4.79 Å². The summed E-state index contributed by atoms with van der Waals surface area (Å²) >= 11 is 0. The van der Waals surface area contributed by atoms with Crippen LogP contribution in [0.3, 0.4) is 0 Å². The lowest BCUT2D eigenvalue weighted by atomic mass is 9.97. The second-order valence-corrected chi connectivity index (χ2v) is 10.1. The molecule has 0 aliphatic carbocycles. The zero-order valence-electron chi connectivity index (χ0n) is 20.1. The van der Waals surface area contributed by atoms with Crippen molar-refractivity contribution >= 4 is 22.5 Å². The summed E-state index contributed by atoms with van der Waals surface area (Å²) in [6, 6.07) is 13.4. The van der Waals surface area contributed by atoms with Gasteiger partial charge in [-0.1, -0.05) is 26.8 Å². The highest BCUT2D eigenvalue weighted by Crippen LogP contribution is 2.27. The molecule has 176 valence electrons. The van der Waals surface area contributed by atoms with Crippen LogP contribution in [0, 0.1) is 12.3 Å². The molecule has 3 N–H and O–H groups in total. The maximum atomic E-state index is 12.8. The largest absolute Gasteiger partial charge is 0.491 e. The maximum absolute atomic E-state index is 12.8. The highest BCUT2D eigenvalue weighted by atomic mass is 16.5. The van der Waals surface area contributed by atoms with Crippen LogP contribution in [0.15, 0.2) is 42.5 Å². The van der Waals surface area contributed by atoms with Gasteiger partial charge in [-0.25, -0.2) is 0 Å². The average Bonchev–Trinajstić information content (AvgIpc) is 3.44. The van der Waals surface area contributed by atoms with E-state index in [0.29, 0.717) is 12.2 Å². The minimum Gasteiger partial charge on any atom is -0.491 e. The fourth-order valence-electron chi connectivity index (χ4n) is 4.07. The quantitative estimate of drug-likeness (QED) is 0.429. The molecule has 0 radical (unpaired) electrons. The van der Waals surface area contributed by atoms with Crippen LogP contribution in [0.4, 0.5) is 5.69 Å². The number of H-pyrrole nitrogens is 1. The lowest BCUT2D eigenvalue weighted by molar-refractivity contribution is 0.0679. The molecule has 1 aliphatic rings. The van der Waals surface area contributed by atoms with Gasteiger partial charge in [-0.2, -0.15) is 0 Å². The number of aromatic amines is 1. The number of ether oxygens (including phenoxy) is 2. The SMILES string of the molecule is Cc1c(NC(=O)c2ccc(OC[C@@H]3CCCO3)cc2)ccc2cc(CNCC(C)(C)C)[nH]c12. The van der Waals surface area contributed by atoms with Gasteiger partial charge >= 0.3 is 0 Å². The molecule has 0 bridgehead atoms. The van der Waals surface area contributed by atoms with E-state index in [-0.39, 0.29) is 17.4 Å². The van der Waals surface area contributed by atoms with Gasteiger partial charge in [-0.3, -0.25) is 4.79 Å². The molecular formula is C27H35N3O3. The van der Waals surface area contributed by atoms with Crippen LogP contribution >= 0.6 is 0 Å². The van der Waals surface area contributed by atoms with Gasteiger partial charge in [0.1, 0.15) is 12.4 Å². The summed E-state index contributed by atoms with van der Waals surface area (Å²) in [5, 5.41) is 7.70. The van der Waals surface area contributed by atoms with Crippen molar-refractivity contribution in [2.24, 2.45) is 5.41 Å². The third kappa shape index (κ3) is 6.15. The summed E-state index contributed by atoms with van der Waals surface area (Å²) in [5.41, 5.74) is 4.87. The van der Waals surface area contributed by atoms with Gasteiger partial charge in [-0.05, 0) is 67.1 Å². The van der Waals surface area contributed by atoms with Crippen LogP contribution < -0.4 is 15.4 Å². The third-order valence-corrected chi connectivity index (χ3v) is 5.91. The molecule has 2 aromatic carbocycles. The highest BCUT2D eigenvalue weighted by molar-refractivity contribution is 6.06. The predicted molar refractivity (Wildman–Crippen MR) is 133 cm³/mol. The Labute approximate surface area is 196 Å². The van der Waals surface area contributed by atoms with Gasteiger partial charge < -0.3 is 25.1 Å². The van der Waals surface area contributed by atoms with E-state index in [1.54, 1.807) is 12.1 Å². The van der Waals surface area contributed by atoms with Crippen LogP contribution in [-0.4, -0.2) is 36.8 Å². The summed E-state index contributed by atoms with van der Waals surface area (Å²) in [5.74, 6) is 0.611. The van der Waals surface area contributed by atoms with Gasteiger partial charge in [0.25, 0.3) is 5.91 Å². The Morgan fingerprint density at radius 3 is 2.67 bits per heavy atom. The topological polar surface area (TPSA) is 75.4 Å². The highest BCUT2D eigenvalue weighted by Gasteiger charge is 2.16. The van der Waals surface area contributed by atoms with Crippen molar-refractivity contribution in [1.82, 2.24) is 10.3 Å². The summed E-state index contributed by atoms with van der Waals surface area (Å²) in [7, 11) is 0. The van der Waals surface area contributed by atoms with Crippen molar-refractivity contribution in [1.29, 1.82) is 0 Å². The maximum Gasteiger partial charge on any atom is 0.255 e. The number of hydrogen-bond donors (Lipinski definition) is 3. The van der Waals surface area contributed by atoms with Crippen LogP contribution in [0.2, 0.25) is 0 Å². The Kier molecular flexibility index (Phi) is 7.05. The molecule has 1 aromatic heterocycles. The van der Waals surface area contributed by atoms with Crippen LogP contribution in [0.25, 0.3) is 10.9 Å². The van der Waals surface area contributed by atoms with Crippen molar-refractivity contribution < 1.29 is 14.3 Å². The van der Waals surface area contributed by atoms with E-state index in [1.807, 2.05) is 31.2 Å². The van der Waals surface area contributed by atoms with E-state index in [0.717, 1.165) is 66.1 Å². The van der Waals surface area contributed by atoms with Gasteiger partial charge in [0.15, 0.2) is 0 Å². The minimum absolute atomic E-state index is 0.137. The van der Waals surface area contributed by atoms with E-state index in [4.69, 9.17) is 9.47 Å². The molecule has 0 spiro atoms. The molecule has 1 fully saturated rings. The van der Waals surface area contributed by atoms with E-state index in [2.05, 4.69) is 42.5 Å². The average molecular weight is 450 g/mol. The zero-order chi connectivity index (χ0) is 23.4. The number of carbonyl (C=O) groups is 1. The van der Waals surface area contributed by atoms with Gasteiger partial charge in [-0.15, -0.1) is 0 Å². The first-order valence-electron chi connectivity index (χ1n) is 11.8. The number of aryl methyl sites for hydroxylation is 1. The molecular weight excluding hydrogens is 414 g/mol. The molecule has 0 saturated carbocycles. The summed E-state index contributed by atoms with van der Waals surface area (Å²) in [6.45, 7) is 11.8. The fourth-order valence-corrected chi connectivity index (χ4v) is 4.07. The molecule has 3 aromatic rings. The molecule has 1 atom stereocenters. The molecule has 1 saturated heterocycles. The Morgan fingerprint density at radius 1 is 1.18 bits per heavy atom. The number of benzene rings is 2. The number of aromatic nitrogens is 1. The number of amides is 1. The van der Waals surface area contributed by atoms with E-state index >= 15 is 0 Å². The normalized spacial score (nSPS) is 16.3. The van der Waals surface area contributed by atoms with Crippen LogP contribution in [0.5, 0.6) is 5.75 Å². The molecule has 2 heterocycles. The van der Waals surface area contributed by atoms with Crippen molar-refractivity contribution in [2.75, 3.05) is 25.1 Å². The predicted octanol–water partition coefficient (Wildman–Crippen LogP) is 5.42. The van der Waals surface area contributed by atoms with Gasteiger partial charge in [0.2, 0.25) is 0 Å². The standard InChI is InChI=1S/C27H35N3O3/c1-18-24(12-9-20-14-21(29-25(18)20)15-28-17-27(2,3)4)30-26(31)19-7-10-22(11-8-19)33-16-23-6-5-13-32-23/h7-12,14,23,28-29H,5-6,13,15-17H2,1-4H3,(H,30,31)/t23-/m0/s1. The lowest BCUT2D eigenvalue weighted by Gasteiger charge is -2.18. The Hall–Kier alpha value is -2.83. The fraction of sp³-hybridized carbons (Fsp3) is 0.444. The lowest BCUT2D eigenvalue weighted by Crippen LogP contribution is -2.26. The Bertz CT molecular complexity index is 1090. The first-order chi connectivity index (χ1) is 15.8. The van der Waals surface area contributed by atoms with E-state index < -0.39 is 0 Å². The van der Waals surface area contributed by atoms with E-state index in [1.165, 1.54) is 0 Å². The van der Waals surface area contributed by atoms with Crippen molar-refractivity contribution in [3.8, 4) is 5.75 Å².